The van der Waals surface area contributed by atoms with Crippen molar-refractivity contribution in [3.05, 3.63) is 96.8 Å². The first-order chi connectivity index (χ1) is 12.7. The molecule has 2 aromatic rings. The molecule has 0 fully saturated rings. The van der Waals surface area contributed by atoms with Crippen molar-refractivity contribution in [3.8, 4) is 0 Å². The number of rotatable bonds is 3. The van der Waals surface area contributed by atoms with Gasteiger partial charge in [0, 0.05) is 5.92 Å². The number of benzene rings is 2. The van der Waals surface area contributed by atoms with Crippen molar-refractivity contribution in [2.45, 2.75) is 31.1 Å². The van der Waals surface area contributed by atoms with Crippen LogP contribution < -0.4 is 0 Å². The predicted molar refractivity (Wildman–Crippen MR) is 113 cm³/mol. The predicted octanol–water partition coefficient (Wildman–Crippen LogP) is 7.81. The molecule has 0 bridgehead atoms. The second kappa shape index (κ2) is 12.0. The minimum atomic E-state index is -0.826. The Labute approximate surface area is 177 Å². The first-order valence-corrected chi connectivity index (χ1v) is 15.2. The van der Waals surface area contributed by atoms with Crippen molar-refractivity contribution in [1.82, 2.24) is 0 Å². The summed E-state index contributed by atoms with van der Waals surface area (Å²) in [6.45, 7) is 7.80. The van der Waals surface area contributed by atoms with Crippen molar-refractivity contribution >= 4 is 29.2 Å². The maximum atomic E-state index is 4.93. The molecule has 0 nitrogen and oxygen atoms in total. The molecule has 0 saturated heterocycles. The first kappa shape index (κ1) is 21.7. The number of halogens is 2. The SMILES string of the molecule is [CH2-]CC1C=Cc2ccccc21.[CH2-]CCC1C=Cc2ccccc21.[Cl][Zr+2][Cl]. The average molecular weight is 463 g/mol. The topological polar surface area (TPSA) is 0 Å². The van der Waals surface area contributed by atoms with Crippen LogP contribution in [0.3, 0.4) is 0 Å². The van der Waals surface area contributed by atoms with Crippen molar-refractivity contribution in [2.75, 3.05) is 0 Å². The van der Waals surface area contributed by atoms with Gasteiger partial charge in [0.25, 0.3) is 0 Å². The van der Waals surface area contributed by atoms with Crippen LogP contribution in [0.25, 0.3) is 12.2 Å². The Bertz CT molecular complexity index is 736. The van der Waals surface area contributed by atoms with E-state index in [0.717, 1.165) is 12.8 Å². The maximum absolute atomic E-state index is 4.93. The van der Waals surface area contributed by atoms with Gasteiger partial charge in [-0.15, -0.1) is 0 Å². The van der Waals surface area contributed by atoms with Gasteiger partial charge in [-0.2, -0.15) is 12.8 Å². The second-order valence-corrected chi connectivity index (χ2v) is 9.92. The number of hydrogen-bond donors (Lipinski definition) is 0. The fourth-order valence-corrected chi connectivity index (χ4v) is 3.37. The Morgan fingerprint density at radius 2 is 1.23 bits per heavy atom. The monoisotopic (exact) mass is 460 g/mol. The number of allylic oxidation sites excluding steroid dienone is 2. The second-order valence-electron chi connectivity index (χ2n) is 6.19. The normalized spacial score (nSPS) is 18.0. The van der Waals surface area contributed by atoms with Crippen LogP contribution in [0.2, 0.25) is 0 Å². The van der Waals surface area contributed by atoms with Crippen molar-refractivity contribution < 1.29 is 20.8 Å². The molecule has 3 heteroatoms. The van der Waals surface area contributed by atoms with Gasteiger partial charge in [0.1, 0.15) is 0 Å². The molecule has 26 heavy (non-hydrogen) atoms. The molecule has 2 aliphatic rings. The summed E-state index contributed by atoms with van der Waals surface area (Å²) in [5, 5.41) is 0. The van der Waals surface area contributed by atoms with Gasteiger partial charge in [0.2, 0.25) is 0 Å². The Kier molecular flexibility index (Phi) is 9.98. The number of fused-ring (bicyclic) bond motifs is 2. The summed E-state index contributed by atoms with van der Waals surface area (Å²) in [5.41, 5.74) is 5.65. The van der Waals surface area contributed by atoms with Crippen molar-refractivity contribution in [1.29, 1.82) is 0 Å². The summed E-state index contributed by atoms with van der Waals surface area (Å²) in [5.74, 6) is 1.19. The molecule has 0 heterocycles. The Morgan fingerprint density at radius 3 is 1.73 bits per heavy atom. The zero-order valence-corrected chi connectivity index (χ0v) is 18.8. The van der Waals surface area contributed by atoms with E-state index in [-0.39, 0.29) is 0 Å². The third-order valence-corrected chi connectivity index (χ3v) is 4.63. The summed E-state index contributed by atoms with van der Waals surface area (Å²) in [4.78, 5) is 0. The number of hydrogen-bond acceptors (Lipinski definition) is 0. The van der Waals surface area contributed by atoms with Gasteiger partial charge in [0.05, 0.1) is 0 Å². The van der Waals surface area contributed by atoms with Crippen LogP contribution in [0.4, 0.5) is 0 Å². The zero-order valence-electron chi connectivity index (χ0n) is 14.9. The summed E-state index contributed by atoms with van der Waals surface area (Å²) in [7, 11) is 9.87. The van der Waals surface area contributed by atoms with Gasteiger partial charge < -0.3 is 13.8 Å². The molecule has 0 amide bonds. The van der Waals surface area contributed by atoms with Gasteiger partial charge in [0.15, 0.2) is 0 Å². The molecule has 0 saturated carbocycles. The van der Waals surface area contributed by atoms with Gasteiger partial charge in [-0.25, -0.2) is 0 Å². The minimum absolute atomic E-state index is 0.561. The molecule has 2 aromatic carbocycles. The van der Waals surface area contributed by atoms with Crippen LogP contribution in [0.5, 0.6) is 0 Å². The summed E-state index contributed by atoms with van der Waals surface area (Å²) in [6, 6.07) is 17.1. The van der Waals surface area contributed by atoms with Gasteiger partial charge in [-0.05, 0) is 28.2 Å². The van der Waals surface area contributed by atoms with E-state index in [1.54, 1.807) is 0 Å². The van der Waals surface area contributed by atoms with E-state index in [4.69, 9.17) is 17.0 Å². The van der Waals surface area contributed by atoms with E-state index in [1.165, 1.54) is 28.7 Å². The molecule has 0 aromatic heterocycles. The summed E-state index contributed by atoms with van der Waals surface area (Å²) >= 11 is -0.826. The van der Waals surface area contributed by atoms with Crippen molar-refractivity contribution in [2.24, 2.45) is 0 Å². The third kappa shape index (κ3) is 5.95. The zero-order chi connectivity index (χ0) is 18.8. The van der Waals surface area contributed by atoms with Crippen LogP contribution in [0.15, 0.2) is 60.7 Å². The molecule has 134 valence electrons. The van der Waals surface area contributed by atoms with E-state index in [2.05, 4.69) is 86.7 Å². The molecule has 0 aliphatic heterocycles. The van der Waals surface area contributed by atoms with Crippen LogP contribution in [-0.2, 0) is 20.8 Å². The van der Waals surface area contributed by atoms with Crippen LogP contribution in [0.1, 0.15) is 53.4 Å². The van der Waals surface area contributed by atoms with E-state index in [0.29, 0.717) is 11.8 Å². The molecule has 0 radical (unpaired) electrons. The quantitative estimate of drug-likeness (QED) is 0.408. The van der Waals surface area contributed by atoms with Crippen molar-refractivity contribution in [3.63, 3.8) is 0 Å². The average Bonchev–Trinajstić information content (AvgIpc) is 3.28. The Hall–Kier alpha value is -0.617. The van der Waals surface area contributed by atoms with Gasteiger partial charge in [-0.3, -0.25) is 0 Å². The van der Waals surface area contributed by atoms with Gasteiger partial charge in [-0.1, -0.05) is 79.3 Å². The molecule has 0 N–H and O–H groups in total. The molecule has 4 rings (SSSR count). The Balaban J connectivity index is 0.000000163. The molecule has 2 atom stereocenters. The van der Waals surface area contributed by atoms with Crippen LogP contribution in [-0.4, -0.2) is 0 Å². The van der Waals surface area contributed by atoms with Gasteiger partial charge >= 0.3 is 37.9 Å². The van der Waals surface area contributed by atoms with E-state index >= 15 is 0 Å². The van der Waals surface area contributed by atoms with E-state index in [1.807, 2.05) is 0 Å². The fourth-order valence-electron chi connectivity index (χ4n) is 3.37. The first-order valence-electron chi connectivity index (χ1n) is 8.84. The summed E-state index contributed by atoms with van der Waals surface area (Å²) in [6.07, 6.45) is 12.1. The van der Waals surface area contributed by atoms with Crippen LogP contribution >= 0.6 is 17.0 Å². The molecular formula is C23H24Cl2Zr. The molecule has 2 aliphatic carbocycles. The molecule has 0 spiro atoms. The molecular weight excluding hydrogens is 438 g/mol. The van der Waals surface area contributed by atoms with E-state index in [9.17, 15) is 0 Å². The molecule has 2 unspecified atom stereocenters. The fraction of sp³-hybridized carbons (Fsp3) is 0.217. The Morgan fingerprint density at radius 1 is 0.769 bits per heavy atom. The van der Waals surface area contributed by atoms with E-state index < -0.39 is 20.8 Å². The summed E-state index contributed by atoms with van der Waals surface area (Å²) < 4.78 is 0. The standard InChI is InChI=1S/C12H13.C11H11.2ClH.Zr/c1-2-5-10-8-9-11-6-3-4-7-12(10)11;1-2-9-7-8-10-5-3-4-6-11(9)10;;;/h3-4,6-10H,1-2,5H2;3-9H,1-2H2;2*1H;/q2*-1;;;+4/p-2. The van der Waals surface area contributed by atoms with Crippen LogP contribution in [0, 0.1) is 13.8 Å². The third-order valence-electron chi connectivity index (χ3n) is 4.63.